The summed E-state index contributed by atoms with van der Waals surface area (Å²) in [5.74, 6) is 0. The normalized spacial score (nSPS) is 17.4. The van der Waals surface area contributed by atoms with Gasteiger partial charge in [0.15, 0.2) is 0 Å². The maximum atomic E-state index is 12.9. The lowest BCUT2D eigenvalue weighted by Crippen LogP contribution is -2.40. The minimum absolute atomic E-state index is 0.0162. The number of halogens is 1. The van der Waals surface area contributed by atoms with Gasteiger partial charge in [0.25, 0.3) is 0 Å². The number of ether oxygens (including phenoxy) is 1. The maximum Gasteiger partial charge on any atom is 0.244 e. The van der Waals surface area contributed by atoms with E-state index in [1.165, 1.54) is 4.31 Å². The first-order valence-corrected chi connectivity index (χ1v) is 9.16. The Bertz CT molecular complexity index is 613. The molecule has 0 saturated carbocycles. The van der Waals surface area contributed by atoms with Crippen LogP contribution in [0.5, 0.6) is 0 Å². The molecule has 1 aliphatic heterocycles. The molecule has 5 nitrogen and oxygen atoms in total. The van der Waals surface area contributed by atoms with Gasteiger partial charge < -0.3 is 10.5 Å². The second-order valence-corrected chi connectivity index (χ2v) is 8.05. The van der Waals surface area contributed by atoms with Crippen LogP contribution in [-0.4, -0.2) is 39.0 Å². The van der Waals surface area contributed by atoms with Gasteiger partial charge in [0, 0.05) is 37.3 Å². The Morgan fingerprint density at radius 1 is 1.38 bits per heavy atom. The molecule has 2 N–H and O–H groups in total. The third-order valence-corrected chi connectivity index (χ3v) is 7.13. The molecular weight excluding hydrogens is 356 g/mol. The lowest BCUT2D eigenvalue weighted by atomic mass is 10.1. The molecule has 0 bridgehead atoms. The Morgan fingerprint density at radius 2 is 2.00 bits per heavy atom. The molecule has 0 atom stereocenters. The summed E-state index contributed by atoms with van der Waals surface area (Å²) in [6.45, 7) is 3.40. The molecular formula is C14H21BrN2O3S. The third kappa shape index (κ3) is 3.48. The SMILES string of the molecule is Cc1cc(CN)cc(S(=O)(=O)N(C)C2CCOCC2)c1Br. The largest absolute Gasteiger partial charge is 0.381 e. The van der Waals surface area contributed by atoms with Gasteiger partial charge in [0.05, 0.1) is 4.90 Å². The van der Waals surface area contributed by atoms with Gasteiger partial charge in [-0.1, -0.05) is 6.07 Å². The smallest absolute Gasteiger partial charge is 0.244 e. The summed E-state index contributed by atoms with van der Waals surface area (Å²) >= 11 is 3.40. The monoisotopic (exact) mass is 376 g/mol. The lowest BCUT2D eigenvalue weighted by molar-refractivity contribution is 0.0632. The van der Waals surface area contributed by atoms with Crippen LogP contribution in [-0.2, 0) is 21.3 Å². The molecule has 7 heteroatoms. The molecule has 1 fully saturated rings. The molecule has 1 aliphatic rings. The summed E-state index contributed by atoms with van der Waals surface area (Å²) in [6.07, 6.45) is 1.45. The summed E-state index contributed by atoms with van der Waals surface area (Å²) in [7, 11) is -1.91. The average molecular weight is 377 g/mol. The standard InChI is InChI=1S/C14H21BrN2O3S/c1-10-7-11(9-16)8-13(14(10)15)21(18,19)17(2)12-3-5-20-6-4-12/h7-8,12H,3-6,9,16H2,1-2H3. The first-order chi connectivity index (χ1) is 9.87. The molecule has 0 aliphatic carbocycles. The second-order valence-electron chi connectivity index (χ2n) is 5.29. The first-order valence-electron chi connectivity index (χ1n) is 6.92. The van der Waals surface area contributed by atoms with Crippen molar-refractivity contribution in [2.24, 2.45) is 5.73 Å². The van der Waals surface area contributed by atoms with E-state index in [1.54, 1.807) is 13.1 Å². The topological polar surface area (TPSA) is 72.6 Å². The fourth-order valence-electron chi connectivity index (χ4n) is 2.51. The highest BCUT2D eigenvalue weighted by Crippen LogP contribution is 2.31. The van der Waals surface area contributed by atoms with Gasteiger partial charge in [-0.25, -0.2) is 8.42 Å². The van der Waals surface area contributed by atoms with E-state index in [9.17, 15) is 8.42 Å². The summed E-state index contributed by atoms with van der Waals surface area (Å²) in [6, 6.07) is 3.54. The summed E-state index contributed by atoms with van der Waals surface area (Å²) in [5, 5.41) is 0. The van der Waals surface area contributed by atoms with Crippen LogP contribution in [0.4, 0.5) is 0 Å². The van der Waals surface area contributed by atoms with Crippen molar-refractivity contribution in [1.82, 2.24) is 4.31 Å². The highest BCUT2D eigenvalue weighted by molar-refractivity contribution is 9.10. The van der Waals surface area contributed by atoms with Crippen LogP contribution in [0.25, 0.3) is 0 Å². The average Bonchev–Trinajstić information content (AvgIpc) is 2.49. The Morgan fingerprint density at radius 3 is 2.57 bits per heavy atom. The van der Waals surface area contributed by atoms with Crippen molar-refractivity contribution in [3.63, 3.8) is 0 Å². The van der Waals surface area contributed by atoms with Gasteiger partial charge in [-0.3, -0.25) is 0 Å². The number of hydrogen-bond donors (Lipinski definition) is 1. The van der Waals surface area contributed by atoms with Crippen LogP contribution in [0.2, 0.25) is 0 Å². The Labute approximate surface area is 134 Å². The van der Waals surface area contributed by atoms with Crippen molar-refractivity contribution < 1.29 is 13.2 Å². The van der Waals surface area contributed by atoms with Gasteiger partial charge >= 0.3 is 0 Å². The first kappa shape index (κ1) is 16.9. The van der Waals surface area contributed by atoms with Crippen LogP contribution in [0.15, 0.2) is 21.5 Å². The molecule has 0 unspecified atom stereocenters. The molecule has 0 spiro atoms. The molecule has 1 aromatic carbocycles. The molecule has 118 valence electrons. The second kappa shape index (κ2) is 6.75. The minimum atomic E-state index is -3.55. The van der Waals surface area contributed by atoms with E-state index in [1.807, 2.05) is 13.0 Å². The van der Waals surface area contributed by atoms with E-state index < -0.39 is 10.0 Å². The number of rotatable bonds is 4. The number of nitrogens with zero attached hydrogens (tertiary/aromatic N) is 1. The van der Waals surface area contributed by atoms with E-state index in [2.05, 4.69) is 15.9 Å². The predicted octanol–water partition coefficient (Wildman–Crippen LogP) is 2.02. The maximum absolute atomic E-state index is 12.9. The molecule has 1 heterocycles. The van der Waals surface area contributed by atoms with Crippen molar-refractivity contribution in [3.8, 4) is 0 Å². The predicted molar refractivity (Wildman–Crippen MR) is 85.6 cm³/mol. The van der Waals surface area contributed by atoms with Crippen molar-refractivity contribution in [3.05, 3.63) is 27.7 Å². The zero-order valence-electron chi connectivity index (χ0n) is 12.3. The van der Waals surface area contributed by atoms with Crippen LogP contribution in [0.1, 0.15) is 24.0 Å². The van der Waals surface area contributed by atoms with Crippen molar-refractivity contribution in [2.45, 2.75) is 37.2 Å². The quantitative estimate of drug-likeness (QED) is 0.872. The van der Waals surface area contributed by atoms with Crippen molar-refractivity contribution in [1.29, 1.82) is 0 Å². The van der Waals surface area contributed by atoms with Gasteiger partial charge in [0.2, 0.25) is 10.0 Å². The van der Waals surface area contributed by atoms with E-state index in [-0.39, 0.29) is 10.9 Å². The lowest BCUT2D eigenvalue weighted by Gasteiger charge is -2.31. The minimum Gasteiger partial charge on any atom is -0.381 e. The summed E-state index contributed by atoms with van der Waals surface area (Å²) in [5.41, 5.74) is 7.35. The van der Waals surface area contributed by atoms with Crippen molar-refractivity contribution >= 4 is 26.0 Å². The molecule has 0 radical (unpaired) electrons. The number of sulfonamides is 1. The van der Waals surface area contributed by atoms with E-state index in [0.717, 1.165) is 24.0 Å². The summed E-state index contributed by atoms with van der Waals surface area (Å²) < 4.78 is 33.2. The molecule has 0 aromatic heterocycles. The van der Waals surface area contributed by atoms with E-state index in [4.69, 9.17) is 10.5 Å². The number of aryl methyl sites for hydroxylation is 1. The van der Waals surface area contributed by atoms with Crippen LogP contribution in [0, 0.1) is 6.92 Å². The molecule has 0 amide bonds. The van der Waals surface area contributed by atoms with E-state index >= 15 is 0 Å². The van der Waals surface area contributed by atoms with Crippen LogP contribution in [0.3, 0.4) is 0 Å². The molecule has 1 saturated heterocycles. The Hall–Kier alpha value is -0.470. The Kier molecular flexibility index (Phi) is 5.43. The molecule has 1 aromatic rings. The van der Waals surface area contributed by atoms with Gasteiger partial charge in [-0.15, -0.1) is 0 Å². The highest BCUT2D eigenvalue weighted by atomic mass is 79.9. The number of benzene rings is 1. The van der Waals surface area contributed by atoms with Gasteiger partial charge in [-0.05, 0) is 52.9 Å². The molecule has 2 rings (SSSR count). The van der Waals surface area contributed by atoms with Crippen molar-refractivity contribution in [2.75, 3.05) is 20.3 Å². The van der Waals surface area contributed by atoms with Gasteiger partial charge in [0.1, 0.15) is 0 Å². The van der Waals surface area contributed by atoms with E-state index in [0.29, 0.717) is 24.2 Å². The number of hydrogen-bond acceptors (Lipinski definition) is 4. The third-order valence-electron chi connectivity index (χ3n) is 3.88. The van der Waals surface area contributed by atoms with Crippen LogP contribution >= 0.6 is 15.9 Å². The number of nitrogens with two attached hydrogens (primary N) is 1. The Balaban J connectivity index is 2.40. The fourth-order valence-corrected chi connectivity index (χ4v) is 4.96. The van der Waals surface area contributed by atoms with Crippen LogP contribution < -0.4 is 5.73 Å². The highest BCUT2D eigenvalue weighted by Gasteiger charge is 2.31. The zero-order chi connectivity index (χ0) is 15.6. The molecule has 21 heavy (non-hydrogen) atoms. The zero-order valence-corrected chi connectivity index (χ0v) is 14.7. The fraction of sp³-hybridized carbons (Fsp3) is 0.571. The van der Waals surface area contributed by atoms with Gasteiger partial charge in [-0.2, -0.15) is 4.31 Å². The summed E-state index contributed by atoms with van der Waals surface area (Å²) in [4.78, 5) is 0.289.